The minimum Gasteiger partial charge on any atom is -0.480 e. The molecule has 0 aliphatic rings. The van der Waals surface area contributed by atoms with Gasteiger partial charge in [0.15, 0.2) is 0 Å². The zero-order chi connectivity index (χ0) is 13.8. The van der Waals surface area contributed by atoms with Crippen molar-refractivity contribution in [1.29, 1.82) is 0 Å². The lowest BCUT2D eigenvalue weighted by Crippen LogP contribution is -2.54. The number of aliphatic carboxylic acids is 1. The van der Waals surface area contributed by atoms with Gasteiger partial charge in [0.05, 0.1) is 0 Å². The lowest BCUT2D eigenvalue weighted by molar-refractivity contribution is -0.143. The largest absolute Gasteiger partial charge is 0.480 e. The van der Waals surface area contributed by atoms with Crippen LogP contribution in [0.15, 0.2) is 29.2 Å². The van der Waals surface area contributed by atoms with E-state index < -0.39 is 11.5 Å². The van der Waals surface area contributed by atoms with Crippen LogP contribution in [-0.2, 0) is 4.79 Å². The number of hydrogen-bond acceptors (Lipinski definition) is 3. The van der Waals surface area contributed by atoms with Crippen molar-refractivity contribution >= 4 is 29.3 Å². The maximum atomic E-state index is 11.3. The van der Waals surface area contributed by atoms with Crippen LogP contribution in [0.5, 0.6) is 0 Å². The van der Waals surface area contributed by atoms with Gasteiger partial charge in [0, 0.05) is 21.7 Å². The molecule has 18 heavy (non-hydrogen) atoms. The number of benzene rings is 1. The minimum absolute atomic E-state index is 0.122. The molecule has 0 spiro atoms. The maximum absolute atomic E-state index is 11.3. The monoisotopic (exact) mass is 287 g/mol. The predicted molar refractivity (Wildman–Crippen MR) is 76.5 cm³/mol. The Morgan fingerprint density at radius 2 is 2.00 bits per heavy atom. The molecule has 0 aromatic heterocycles. The molecular formula is C13H18ClNO2S. The van der Waals surface area contributed by atoms with Crippen molar-refractivity contribution in [2.24, 2.45) is 0 Å². The molecule has 5 heteroatoms. The molecule has 2 N–H and O–H groups in total. The van der Waals surface area contributed by atoms with Crippen LogP contribution in [0.25, 0.3) is 0 Å². The molecule has 0 aliphatic heterocycles. The Labute approximate surface area is 117 Å². The first-order valence-corrected chi connectivity index (χ1v) is 7.09. The van der Waals surface area contributed by atoms with E-state index in [1.165, 1.54) is 11.8 Å². The molecule has 3 nitrogen and oxygen atoms in total. The van der Waals surface area contributed by atoms with E-state index in [2.05, 4.69) is 5.32 Å². The van der Waals surface area contributed by atoms with Crippen LogP contribution in [0.4, 0.5) is 0 Å². The minimum atomic E-state index is -0.932. The first-order valence-electron chi connectivity index (χ1n) is 5.73. The normalized spacial score (nSPS) is 14.5. The summed E-state index contributed by atoms with van der Waals surface area (Å²) in [5.41, 5.74) is -0.932. The van der Waals surface area contributed by atoms with E-state index >= 15 is 0 Å². The van der Waals surface area contributed by atoms with Crippen molar-refractivity contribution in [2.75, 3.05) is 5.75 Å². The quantitative estimate of drug-likeness (QED) is 0.789. The Kier molecular flexibility index (Phi) is 5.50. The van der Waals surface area contributed by atoms with Crippen LogP contribution in [0.3, 0.4) is 0 Å². The molecule has 1 aromatic carbocycles. The Balaban J connectivity index is 2.68. The Bertz CT molecular complexity index is 408. The summed E-state index contributed by atoms with van der Waals surface area (Å²) in [7, 11) is 0. The SMILES string of the molecule is CC(C)NC(C)(CSc1ccc(Cl)cc1)C(=O)O. The lowest BCUT2D eigenvalue weighted by atomic mass is 10.1. The van der Waals surface area contributed by atoms with Crippen molar-refractivity contribution < 1.29 is 9.90 Å². The summed E-state index contributed by atoms with van der Waals surface area (Å²) in [6, 6.07) is 7.52. The average Bonchev–Trinajstić information content (AvgIpc) is 2.27. The molecule has 0 heterocycles. The van der Waals surface area contributed by atoms with Crippen molar-refractivity contribution in [1.82, 2.24) is 5.32 Å². The number of carboxylic acids is 1. The van der Waals surface area contributed by atoms with E-state index in [4.69, 9.17) is 11.6 Å². The molecule has 0 saturated heterocycles. The topological polar surface area (TPSA) is 49.3 Å². The van der Waals surface area contributed by atoms with E-state index in [1.807, 2.05) is 26.0 Å². The summed E-state index contributed by atoms with van der Waals surface area (Å²) in [4.78, 5) is 12.3. The fourth-order valence-corrected chi connectivity index (χ4v) is 2.68. The first kappa shape index (κ1) is 15.3. The van der Waals surface area contributed by atoms with Crippen LogP contribution in [-0.4, -0.2) is 28.4 Å². The van der Waals surface area contributed by atoms with Gasteiger partial charge in [-0.25, -0.2) is 0 Å². The number of hydrogen-bond donors (Lipinski definition) is 2. The summed E-state index contributed by atoms with van der Waals surface area (Å²) < 4.78 is 0. The van der Waals surface area contributed by atoms with E-state index in [9.17, 15) is 9.90 Å². The zero-order valence-electron chi connectivity index (χ0n) is 10.7. The summed E-state index contributed by atoms with van der Waals surface area (Å²) in [5, 5.41) is 13.1. The third-order valence-electron chi connectivity index (χ3n) is 2.42. The fourth-order valence-electron chi connectivity index (χ4n) is 1.56. The Morgan fingerprint density at radius 1 is 1.44 bits per heavy atom. The molecule has 0 bridgehead atoms. The molecule has 1 atom stereocenters. The summed E-state index contributed by atoms with van der Waals surface area (Å²) in [6.45, 7) is 5.58. The van der Waals surface area contributed by atoms with Crippen LogP contribution in [0.2, 0.25) is 5.02 Å². The summed E-state index contributed by atoms with van der Waals surface area (Å²) in [5.74, 6) is -0.375. The molecular weight excluding hydrogens is 270 g/mol. The molecule has 0 fully saturated rings. The van der Waals surface area contributed by atoms with Crippen molar-refractivity contribution in [3.05, 3.63) is 29.3 Å². The van der Waals surface area contributed by atoms with Gasteiger partial charge in [-0.05, 0) is 45.0 Å². The van der Waals surface area contributed by atoms with E-state index in [0.29, 0.717) is 10.8 Å². The van der Waals surface area contributed by atoms with Crippen LogP contribution >= 0.6 is 23.4 Å². The highest BCUT2D eigenvalue weighted by Gasteiger charge is 2.33. The standard InChI is InChI=1S/C13H18ClNO2S/c1-9(2)15-13(3,12(16)17)8-18-11-6-4-10(14)5-7-11/h4-7,9,15H,8H2,1-3H3,(H,16,17). The van der Waals surface area contributed by atoms with E-state index in [0.717, 1.165) is 4.90 Å². The molecule has 0 saturated carbocycles. The van der Waals surface area contributed by atoms with Gasteiger partial charge in [0.25, 0.3) is 0 Å². The Hall–Kier alpha value is -0.710. The van der Waals surface area contributed by atoms with Gasteiger partial charge in [-0.2, -0.15) is 0 Å². The second-order valence-corrected chi connectivity index (χ2v) is 6.16. The molecule has 100 valence electrons. The van der Waals surface area contributed by atoms with Crippen LogP contribution in [0.1, 0.15) is 20.8 Å². The highest BCUT2D eigenvalue weighted by molar-refractivity contribution is 7.99. The number of carbonyl (C=O) groups is 1. The van der Waals surface area contributed by atoms with Crippen molar-refractivity contribution in [3.63, 3.8) is 0 Å². The van der Waals surface area contributed by atoms with Gasteiger partial charge in [0.2, 0.25) is 0 Å². The molecule has 0 aliphatic carbocycles. The number of thioether (sulfide) groups is 1. The van der Waals surface area contributed by atoms with Crippen LogP contribution in [0, 0.1) is 0 Å². The third-order valence-corrected chi connectivity index (χ3v) is 4.00. The second-order valence-electron chi connectivity index (χ2n) is 4.68. The van der Waals surface area contributed by atoms with E-state index in [1.54, 1.807) is 19.1 Å². The Morgan fingerprint density at radius 3 is 2.44 bits per heavy atom. The molecule has 1 unspecified atom stereocenters. The van der Waals surface area contributed by atoms with Gasteiger partial charge in [-0.15, -0.1) is 11.8 Å². The average molecular weight is 288 g/mol. The number of carboxylic acid groups (broad SMARTS) is 1. The number of rotatable bonds is 6. The highest BCUT2D eigenvalue weighted by Crippen LogP contribution is 2.24. The predicted octanol–water partition coefficient (Wildman–Crippen LogP) is 3.27. The smallest absolute Gasteiger partial charge is 0.324 e. The third kappa shape index (κ3) is 4.52. The van der Waals surface area contributed by atoms with Gasteiger partial charge < -0.3 is 5.11 Å². The molecule has 0 radical (unpaired) electrons. The lowest BCUT2D eigenvalue weighted by Gasteiger charge is -2.28. The fraction of sp³-hybridized carbons (Fsp3) is 0.462. The van der Waals surface area contributed by atoms with Crippen molar-refractivity contribution in [2.45, 2.75) is 37.2 Å². The molecule has 0 amide bonds. The van der Waals surface area contributed by atoms with Gasteiger partial charge in [0.1, 0.15) is 5.54 Å². The van der Waals surface area contributed by atoms with Crippen molar-refractivity contribution in [3.8, 4) is 0 Å². The van der Waals surface area contributed by atoms with Crippen LogP contribution < -0.4 is 5.32 Å². The van der Waals surface area contributed by atoms with Gasteiger partial charge in [-0.3, -0.25) is 10.1 Å². The highest BCUT2D eigenvalue weighted by atomic mass is 35.5. The van der Waals surface area contributed by atoms with Gasteiger partial charge >= 0.3 is 5.97 Å². The summed E-state index contributed by atoms with van der Waals surface area (Å²) >= 11 is 7.31. The number of halogens is 1. The summed E-state index contributed by atoms with van der Waals surface area (Å²) in [6.07, 6.45) is 0. The molecule has 1 rings (SSSR count). The van der Waals surface area contributed by atoms with E-state index in [-0.39, 0.29) is 6.04 Å². The maximum Gasteiger partial charge on any atom is 0.324 e. The van der Waals surface area contributed by atoms with Gasteiger partial charge in [-0.1, -0.05) is 11.6 Å². The first-order chi connectivity index (χ1) is 8.33. The number of nitrogens with one attached hydrogen (secondary N) is 1. The second kappa shape index (κ2) is 6.45. The zero-order valence-corrected chi connectivity index (χ0v) is 12.3. The molecule has 1 aromatic rings.